The summed E-state index contributed by atoms with van der Waals surface area (Å²) in [7, 11) is 0. The van der Waals surface area contributed by atoms with Gasteiger partial charge in [0.2, 0.25) is 0 Å². The van der Waals surface area contributed by atoms with Crippen LogP contribution in [0.15, 0.2) is 53.5 Å². The first kappa shape index (κ1) is 11.8. The van der Waals surface area contributed by atoms with Crippen molar-refractivity contribution in [1.29, 1.82) is 0 Å². The Morgan fingerprint density at radius 1 is 1.11 bits per heavy atom. The van der Waals surface area contributed by atoms with Crippen LogP contribution in [0.1, 0.15) is 16.7 Å². The molecular weight excluding hydrogens is 234 g/mol. The predicted molar refractivity (Wildman–Crippen MR) is 78.2 cm³/mol. The molecule has 0 bridgehead atoms. The Kier molecular flexibility index (Phi) is 2.95. The minimum atomic E-state index is 0.599. The van der Waals surface area contributed by atoms with Crippen LogP contribution in [0.5, 0.6) is 0 Å². The van der Waals surface area contributed by atoms with Gasteiger partial charge < -0.3 is 10.6 Å². The molecule has 19 heavy (non-hydrogen) atoms. The zero-order valence-corrected chi connectivity index (χ0v) is 11.0. The van der Waals surface area contributed by atoms with E-state index >= 15 is 0 Å². The van der Waals surface area contributed by atoms with Crippen molar-refractivity contribution in [1.82, 2.24) is 4.90 Å². The second-order valence-electron chi connectivity index (χ2n) is 4.88. The van der Waals surface area contributed by atoms with Crippen molar-refractivity contribution in [2.75, 3.05) is 0 Å². The molecule has 0 amide bonds. The van der Waals surface area contributed by atoms with Gasteiger partial charge in [-0.1, -0.05) is 42.5 Å². The first-order valence-corrected chi connectivity index (χ1v) is 6.45. The molecule has 2 aromatic carbocycles. The Labute approximate surface area is 113 Å². The topological polar surface area (TPSA) is 41.6 Å². The summed E-state index contributed by atoms with van der Waals surface area (Å²) in [5, 5.41) is 0. The highest BCUT2D eigenvalue weighted by atomic mass is 15.3. The van der Waals surface area contributed by atoms with Gasteiger partial charge in [-0.05, 0) is 24.1 Å². The summed E-state index contributed by atoms with van der Waals surface area (Å²) in [6, 6.07) is 16.5. The van der Waals surface area contributed by atoms with E-state index in [1.807, 2.05) is 30.3 Å². The fourth-order valence-corrected chi connectivity index (χ4v) is 2.40. The van der Waals surface area contributed by atoms with Crippen LogP contribution in [0.2, 0.25) is 0 Å². The van der Waals surface area contributed by atoms with Crippen molar-refractivity contribution in [3.8, 4) is 0 Å². The molecule has 1 aliphatic heterocycles. The molecule has 96 valence electrons. The van der Waals surface area contributed by atoms with Gasteiger partial charge in [-0.2, -0.15) is 0 Å². The maximum atomic E-state index is 6.07. The van der Waals surface area contributed by atoms with E-state index in [0.29, 0.717) is 5.96 Å². The van der Waals surface area contributed by atoms with Crippen molar-refractivity contribution in [2.45, 2.75) is 20.0 Å². The summed E-state index contributed by atoms with van der Waals surface area (Å²) in [4.78, 5) is 6.62. The standard InChI is InChI=1S/C16H17N3/c1-12-6-5-9-15-14(12)11-19(16(17)18-15)10-13-7-3-2-4-8-13/h2-9H,10-11H2,1H3,(H2,17,18). The summed E-state index contributed by atoms with van der Waals surface area (Å²) in [5.74, 6) is 0.599. The van der Waals surface area contributed by atoms with Crippen LogP contribution in [-0.2, 0) is 13.1 Å². The molecule has 0 unspecified atom stereocenters. The van der Waals surface area contributed by atoms with Crippen molar-refractivity contribution < 1.29 is 0 Å². The van der Waals surface area contributed by atoms with Crippen LogP contribution >= 0.6 is 0 Å². The molecule has 0 fully saturated rings. The average Bonchev–Trinajstić information content (AvgIpc) is 2.42. The molecule has 3 rings (SSSR count). The molecule has 0 aliphatic carbocycles. The normalized spacial score (nSPS) is 13.9. The Morgan fingerprint density at radius 2 is 1.89 bits per heavy atom. The van der Waals surface area contributed by atoms with E-state index in [2.05, 4.69) is 35.0 Å². The van der Waals surface area contributed by atoms with Gasteiger partial charge in [0.15, 0.2) is 5.96 Å². The highest BCUT2D eigenvalue weighted by Gasteiger charge is 2.18. The van der Waals surface area contributed by atoms with Gasteiger partial charge in [-0.25, -0.2) is 4.99 Å². The minimum Gasteiger partial charge on any atom is -0.369 e. The van der Waals surface area contributed by atoms with E-state index in [1.54, 1.807) is 0 Å². The highest BCUT2D eigenvalue weighted by molar-refractivity contribution is 5.83. The fourth-order valence-electron chi connectivity index (χ4n) is 2.40. The maximum absolute atomic E-state index is 6.07. The first-order valence-electron chi connectivity index (χ1n) is 6.45. The monoisotopic (exact) mass is 251 g/mol. The number of fused-ring (bicyclic) bond motifs is 1. The van der Waals surface area contributed by atoms with Gasteiger partial charge in [0.1, 0.15) is 0 Å². The largest absolute Gasteiger partial charge is 0.369 e. The van der Waals surface area contributed by atoms with Crippen LogP contribution in [0, 0.1) is 6.92 Å². The average molecular weight is 251 g/mol. The summed E-state index contributed by atoms with van der Waals surface area (Å²) in [6.07, 6.45) is 0. The van der Waals surface area contributed by atoms with E-state index in [4.69, 9.17) is 5.73 Å². The van der Waals surface area contributed by atoms with Crippen LogP contribution in [0.4, 0.5) is 5.69 Å². The van der Waals surface area contributed by atoms with Crippen LogP contribution in [0.3, 0.4) is 0 Å². The van der Waals surface area contributed by atoms with Crippen molar-refractivity contribution in [2.24, 2.45) is 10.7 Å². The zero-order chi connectivity index (χ0) is 13.2. The van der Waals surface area contributed by atoms with Gasteiger partial charge >= 0.3 is 0 Å². The number of hydrogen-bond donors (Lipinski definition) is 1. The molecule has 3 heteroatoms. The predicted octanol–water partition coefficient (Wildman–Crippen LogP) is 2.96. The number of aryl methyl sites for hydroxylation is 1. The Bertz CT molecular complexity index is 617. The summed E-state index contributed by atoms with van der Waals surface area (Å²) in [5.41, 5.74) is 10.9. The molecule has 1 aliphatic rings. The maximum Gasteiger partial charge on any atom is 0.197 e. The summed E-state index contributed by atoms with van der Waals surface area (Å²) < 4.78 is 0. The summed E-state index contributed by atoms with van der Waals surface area (Å²) >= 11 is 0. The number of benzene rings is 2. The van der Waals surface area contributed by atoms with E-state index < -0.39 is 0 Å². The SMILES string of the molecule is Cc1cccc2c1CN(Cc1ccccc1)C(N)=N2. The van der Waals surface area contributed by atoms with E-state index in [1.165, 1.54) is 16.7 Å². The third-order valence-corrected chi connectivity index (χ3v) is 3.51. The lowest BCUT2D eigenvalue weighted by Gasteiger charge is -2.29. The Hall–Kier alpha value is -2.29. The molecule has 2 N–H and O–H groups in total. The third kappa shape index (κ3) is 2.32. The molecule has 0 atom stereocenters. The Morgan fingerprint density at radius 3 is 2.68 bits per heavy atom. The molecule has 1 heterocycles. The van der Waals surface area contributed by atoms with Gasteiger partial charge in [0.25, 0.3) is 0 Å². The van der Waals surface area contributed by atoms with Crippen molar-refractivity contribution in [3.05, 3.63) is 65.2 Å². The molecule has 0 saturated carbocycles. The van der Waals surface area contributed by atoms with E-state index in [-0.39, 0.29) is 0 Å². The molecule has 3 nitrogen and oxygen atoms in total. The molecule has 2 aromatic rings. The minimum absolute atomic E-state index is 0.599. The molecule has 0 saturated heterocycles. The highest BCUT2D eigenvalue weighted by Crippen LogP contribution is 2.28. The molecule has 0 radical (unpaired) electrons. The quantitative estimate of drug-likeness (QED) is 0.891. The number of nitrogens with two attached hydrogens (primary N) is 1. The lowest BCUT2D eigenvalue weighted by molar-refractivity contribution is 0.395. The van der Waals surface area contributed by atoms with Crippen molar-refractivity contribution >= 4 is 11.6 Å². The molecular formula is C16H17N3. The lowest BCUT2D eigenvalue weighted by atomic mass is 10.0. The second-order valence-corrected chi connectivity index (χ2v) is 4.88. The van der Waals surface area contributed by atoms with Gasteiger partial charge in [-0.3, -0.25) is 0 Å². The molecule has 0 aromatic heterocycles. The number of rotatable bonds is 2. The number of aliphatic imine (C=N–C) groups is 1. The third-order valence-electron chi connectivity index (χ3n) is 3.51. The molecule has 0 spiro atoms. The first-order chi connectivity index (χ1) is 9.24. The lowest BCUT2D eigenvalue weighted by Crippen LogP contribution is -2.38. The van der Waals surface area contributed by atoms with Gasteiger partial charge in [0, 0.05) is 18.7 Å². The number of nitrogens with zero attached hydrogens (tertiary/aromatic N) is 2. The van der Waals surface area contributed by atoms with Crippen LogP contribution in [0.25, 0.3) is 0 Å². The van der Waals surface area contributed by atoms with Gasteiger partial charge in [0.05, 0.1) is 5.69 Å². The zero-order valence-electron chi connectivity index (χ0n) is 11.0. The van der Waals surface area contributed by atoms with E-state index in [0.717, 1.165) is 18.8 Å². The number of guanidine groups is 1. The van der Waals surface area contributed by atoms with E-state index in [9.17, 15) is 0 Å². The Balaban J connectivity index is 1.89. The van der Waals surface area contributed by atoms with Crippen LogP contribution < -0.4 is 5.73 Å². The second kappa shape index (κ2) is 4.76. The van der Waals surface area contributed by atoms with Crippen LogP contribution in [-0.4, -0.2) is 10.9 Å². The smallest absolute Gasteiger partial charge is 0.197 e. The summed E-state index contributed by atoms with van der Waals surface area (Å²) in [6.45, 7) is 3.74. The fraction of sp³-hybridized carbons (Fsp3) is 0.188. The number of hydrogen-bond acceptors (Lipinski definition) is 3. The van der Waals surface area contributed by atoms with Crippen molar-refractivity contribution in [3.63, 3.8) is 0 Å². The van der Waals surface area contributed by atoms with Gasteiger partial charge in [-0.15, -0.1) is 0 Å².